The van der Waals surface area contributed by atoms with E-state index in [-0.39, 0.29) is 5.82 Å². The minimum absolute atomic E-state index is 0.248. The molecular formula is C16H18FNO. The zero-order valence-electron chi connectivity index (χ0n) is 11.2. The maximum Gasteiger partial charge on any atom is 0.126 e. The Morgan fingerprint density at radius 1 is 1.16 bits per heavy atom. The van der Waals surface area contributed by atoms with Crippen molar-refractivity contribution in [3.63, 3.8) is 0 Å². The van der Waals surface area contributed by atoms with E-state index in [0.29, 0.717) is 12.1 Å². The van der Waals surface area contributed by atoms with Gasteiger partial charge >= 0.3 is 0 Å². The molecule has 0 bridgehead atoms. The van der Waals surface area contributed by atoms with Crippen molar-refractivity contribution < 1.29 is 9.50 Å². The highest BCUT2D eigenvalue weighted by atomic mass is 19.1. The summed E-state index contributed by atoms with van der Waals surface area (Å²) in [6.45, 7) is 4.11. The zero-order chi connectivity index (χ0) is 13.8. The van der Waals surface area contributed by atoms with Crippen LogP contribution >= 0.6 is 0 Å². The first-order valence-electron chi connectivity index (χ1n) is 6.31. The molecule has 0 radical (unpaired) electrons. The van der Waals surface area contributed by atoms with Crippen LogP contribution in [-0.4, -0.2) is 11.7 Å². The van der Waals surface area contributed by atoms with Crippen LogP contribution in [0.5, 0.6) is 0 Å². The van der Waals surface area contributed by atoms with Crippen LogP contribution in [0, 0.1) is 19.7 Å². The molecule has 0 saturated heterocycles. The molecule has 1 unspecified atom stereocenters. The average molecular weight is 259 g/mol. The third-order valence-electron chi connectivity index (χ3n) is 3.08. The van der Waals surface area contributed by atoms with Gasteiger partial charge in [0.1, 0.15) is 5.82 Å². The van der Waals surface area contributed by atoms with Crippen LogP contribution in [0.25, 0.3) is 0 Å². The summed E-state index contributed by atoms with van der Waals surface area (Å²) in [6, 6.07) is 12.6. The van der Waals surface area contributed by atoms with Gasteiger partial charge in [-0.2, -0.15) is 0 Å². The third-order valence-corrected chi connectivity index (χ3v) is 3.08. The fourth-order valence-electron chi connectivity index (χ4n) is 1.96. The Morgan fingerprint density at radius 2 is 1.95 bits per heavy atom. The average Bonchev–Trinajstić information content (AvgIpc) is 2.39. The molecule has 2 aromatic rings. The van der Waals surface area contributed by atoms with Crippen LogP contribution in [0.1, 0.15) is 22.8 Å². The fraction of sp³-hybridized carbons (Fsp3) is 0.250. The summed E-state index contributed by atoms with van der Waals surface area (Å²) < 4.78 is 13.2. The Hall–Kier alpha value is -1.87. The minimum Gasteiger partial charge on any atom is -0.387 e. The number of anilines is 1. The summed E-state index contributed by atoms with van der Waals surface area (Å²) in [4.78, 5) is 0. The van der Waals surface area contributed by atoms with Crippen LogP contribution in [0.3, 0.4) is 0 Å². The number of aliphatic hydroxyl groups is 1. The molecule has 0 aliphatic carbocycles. The zero-order valence-corrected chi connectivity index (χ0v) is 11.2. The molecule has 0 spiro atoms. The second kappa shape index (κ2) is 5.85. The van der Waals surface area contributed by atoms with Crippen LogP contribution < -0.4 is 5.32 Å². The van der Waals surface area contributed by atoms with E-state index < -0.39 is 6.10 Å². The quantitative estimate of drug-likeness (QED) is 0.879. The molecule has 0 heterocycles. The van der Waals surface area contributed by atoms with E-state index >= 15 is 0 Å². The summed E-state index contributed by atoms with van der Waals surface area (Å²) >= 11 is 0. The SMILES string of the molecule is Cc1cccc(NCC(O)c2ccc(F)c(C)c2)c1. The smallest absolute Gasteiger partial charge is 0.126 e. The minimum atomic E-state index is -0.653. The molecule has 0 fully saturated rings. The maximum atomic E-state index is 13.2. The second-order valence-electron chi connectivity index (χ2n) is 4.77. The standard InChI is InChI=1S/C16H18FNO/c1-11-4-3-5-14(8-11)18-10-16(19)13-6-7-15(17)12(2)9-13/h3-9,16,18-19H,10H2,1-2H3. The Labute approximate surface area is 112 Å². The molecule has 0 amide bonds. The molecule has 19 heavy (non-hydrogen) atoms. The van der Waals surface area contributed by atoms with Crippen LogP contribution in [-0.2, 0) is 0 Å². The number of benzene rings is 2. The lowest BCUT2D eigenvalue weighted by molar-refractivity contribution is 0.191. The Bertz CT molecular complexity index is 568. The molecule has 0 aliphatic rings. The van der Waals surface area contributed by atoms with Crippen molar-refractivity contribution in [2.45, 2.75) is 20.0 Å². The highest BCUT2D eigenvalue weighted by molar-refractivity contribution is 5.45. The molecule has 0 aromatic heterocycles. The molecule has 0 aliphatic heterocycles. The van der Waals surface area contributed by atoms with Gasteiger partial charge in [0.2, 0.25) is 0 Å². The van der Waals surface area contributed by atoms with Gasteiger partial charge in [-0.3, -0.25) is 0 Å². The van der Waals surface area contributed by atoms with Gasteiger partial charge in [0.25, 0.3) is 0 Å². The van der Waals surface area contributed by atoms with Crippen LogP contribution in [0.2, 0.25) is 0 Å². The fourth-order valence-corrected chi connectivity index (χ4v) is 1.96. The topological polar surface area (TPSA) is 32.3 Å². The van der Waals surface area contributed by atoms with Crippen molar-refractivity contribution in [1.82, 2.24) is 0 Å². The van der Waals surface area contributed by atoms with E-state index in [1.807, 2.05) is 31.2 Å². The van der Waals surface area contributed by atoms with Crippen molar-refractivity contribution >= 4 is 5.69 Å². The Kier molecular flexibility index (Phi) is 4.17. The lowest BCUT2D eigenvalue weighted by Crippen LogP contribution is -2.12. The number of hydrogen-bond donors (Lipinski definition) is 2. The van der Waals surface area contributed by atoms with E-state index in [0.717, 1.165) is 16.8 Å². The summed E-state index contributed by atoms with van der Waals surface area (Å²) in [5, 5.41) is 13.3. The molecule has 2 N–H and O–H groups in total. The Balaban J connectivity index is 2.01. The molecular weight excluding hydrogens is 241 g/mol. The summed E-state index contributed by atoms with van der Waals surface area (Å²) in [5.74, 6) is -0.248. The summed E-state index contributed by atoms with van der Waals surface area (Å²) in [6.07, 6.45) is -0.653. The number of nitrogens with one attached hydrogen (secondary N) is 1. The van der Waals surface area contributed by atoms with Gasteiger partial charge in [0.15, 0.2) is 0 Å². The first-order valence-corrected chi connectivity index (χ1v) is 6.31. The van der Waals surface area contributed by atoms with Crippen molar-refractivity contribution in [2.75, 3.05) is 11.9 Å². The van der Waals surface area contributed by atoms with Gasteiger partial charge in [-0.05, 0) is 48.7 Å². The van der Waals surface area contributed by atoms with Gasteiger partial charge in [-0.25, -0.2) is 4.39 Å². The van der Waals surface area contributed by atoms with Crippen molar-refractivity contribution in [1.29, 1.82) is 0 Å². The third kappa shape index (κ3) is 3.55. The number of halogens is 1. The highest BCUT2D eigenvalue weighted by Crippen LogP contribution is 2.18. The van der Waals surface area contributed by atoms with E-state index in [1.54, 1.807) is 19.1 Å². The molecule has 0 saturated carbocycles. The van der Waals surface area contributed by atoms with E-state index in [9.17, 15) is 9.50 Å². The summed E-state index contributed by atoms with van der Waals surface area (Å²) in [5.41, 5.74) is 3.40. The molecule has 1 atom stereocenters. The van der Waals surface area contributed by atoms with Gasteiger partial charge in [0, 0.05) is 12.2 Å². The van der Waals surface area contributed by atoms with E-state index in [1.165, 1.54) is 6.07 Å². The van der Waals surface area contributed by atoms with E-state index in [2.05, 4.69) is 5.32 Å². The van der Waals surface area contributed by atoms with Crippen molar-refractivity contribution in [3.8, 4) is 0 Å². The molecule has 2 nitrogen and oxygen atoms in total. The monoisotopic (exact) mass is 259 g/mol. The summed E-state index contributed by atoms with van der Waals surface area (Å²) in [7, 11) is 0. The maximum absolute atomic E-state index is 13.2. The normalized spacial score (nSPS) is 12.2. The van der Waals surface area contributed by atoms with Gasteiger partial charge in [0.05, 0.1) is 6.10 Å². The van der Waals surface area contributed by atoms with Gasteiger partial charge in [-0.15, -0.1) is 0 Å². The highest BCUT2D eigenvalue weighted by Gasteiger charge is 2.09. The lowest BCUT2D eigenvalue weighted by Gasteiger charge is -2.14. The number of aryl methyl sites for hydroxylation is 2. The van der Waals surface area contributed by atoms with Crippen LogP contribution in [0.4, 0.5) is 10.1 Å². The van der Waals surface area contributed by atoms with Gasteiger partial charge in [-0.1, -0.05) is 24.3 Å². The van der Waals surface area contributed by atoms with Gasteiger partial charge < -0.3 is 10.4 Å². The van der Waals surface area contributed by atoms with Crippen LogP contribution in [0.15, 0.2) is 42.5 Å². The lowest BCUT2D eigenvalue weighted by atomic mass is 10.1. The first-order chi connectivity index (χ1) is 9.06. The van der Waals surface area contributed by atoms with E-state index in [4.69, 9.17) is 0 Å². The molecule has 100 valence electrons. The number of rotatable bonds is 4. The van der Waals surface area contributed by atoms with Crippen molar-refractivity contribution in [2.24, 2.45) is 0 Å². The number of hydrogen-bond acceptors (Lipinski definition) is 2. The predicted molar refractivity (Wildman–Crippen MR) is 75.8 cm³/mol. The second-order valence-corrected chi connectivity index (χ2v) is 4.77. The molecule has 2 aromatic carbocycles. The first kappa shape index (κ1) is 13.6. The molecule has 3 heteroatoms. The largest absolute Gasteiger partial charge is 0.387 e. The number of aliphatic hydroxyl groups excluding tert-OH is 1. The van der Waals surface area contributed by atoms with Crippen molar-refractivity contribution in [3.05, 3.63) is 65.0 Å². The Morgan fingerprint density at radius 3 is 2.63 bits per heavy atom. The predicted octanol–water partition coefficient (Wildman–Crippen LogP) is 3.59. The molecule has 2 rings (SSSR count).